The van der Waals surface area contributed by atoms with E-state index in [1.165, 1.54) is 321 Å². The lowest BCUT2D eigenvalue weighted by Crippen LogP contribution is -2.45. The van der Waals surface area contributed by atoms with Gasteiger partial charge in [-0.15, -0.1) is 0 Å². The van der Waals surface area contributed by atoms with Crippen molar-refractivity contribution in [3.8, 4) is 0 Å². The predicted octanol–water partition coefficient (Wildman–Crippen LogP) is 22.4. The Labute approximate surface area is 476 Å². The molecule has 452 valence electrons. The fraction of sp³-hybridized carbons (Fsp3) is 0.943. The third kappa shape index (κ3) is 61.8. The molecule has 1 amide bonds. The zero-order valence-corrected chi connectivity index (χ0v) is 51.8. The smallest absolute Gasteiger partial charge is 0.305 e. The van der Waals surface area contributed by atoms with E-state index >= 15 is 0 Å². The number of nitrogens with one attached hydrogen (secondary N) is 1. The Morgan fingerprint density at radius 1 is 0.355 bits per heavy atom. The average Bonchev–Trinajstić information content (AvgIpc) is 3.42. The molecule has 0 aliphatic carbocycles. The second-order valence-electron chi connectivity index (χ2n) is 24.2. The molecule has 0 aromatic rings. The zero-order chi connectivity index (χ0) is 55.0. The zero-order valence-electron chi connectivity index (χ0n) is 51.8. The van der Waals surface area contributed by atoms with Crippen LogP contribution in [0.3, 0.4) is 0 Å². The van der Waals surface area contributed by atoms with Gasteiger partial charge in [-0.3, -0.25) is 9.59 Å². The minimum Gasteiger partial charge on any atom is -0.466 e. The molecule has 0 fully saturated rings. The van der Waals surface area contributed by atoms with Gasteiger partial charge in [-0.05, 0) is 51.4 Å². The Morgan fingerprint density at radius 2 is 0.618 bits per heavy atom. The van der Waals surface area contributed by atoms with E-state index in [0.29, 0.717) is 25.9 Å². The number of unbranched alkanes of at least 4 members (excludes halogenated alkanes) is 53. The van der Waals surface area contributed by atoms with Gasteiger partial charge in [0.15, 0.2) is 0 Å². The number of allylic oxidation sites excluding steroid dienone is 2. The van der Waals surface area contributed by atoms with E-state index < -0.39 is 12.1 Å². The summed E-state index contributed by atoms with van der Waals surface area (Å²) in [5, 5.41) is 23.4. The normalized spacial score (nSPS) is 12.5. The highest BCUT2D eigenvalue weighted by molar-refractivity contribution is 5.76. The van der Waals surface area contributed by atoms with Crippen molar-refractivity contribution in [1.82, 2.24) is 5.32 Å². The Balaban J connectivity index is 3.39. The molecule has 0 spiro atoms. The van der Waals surface area contributed by atoms with Gasteiger partial charge in [-0.1, -0.05) is 347 Å². The number of rotatable bonds is 66. The van der Waals surface area contributed by atoms with E-state index in [-0.39, 0.29) is 18.5 Å². The molecule has 0 bridgehead atoms. The van der Waals surface area contributed by atoms with E-state index in [2.05, 4.69) is 31.3 Å². The van der Waals surface area contributed by atoms with Gasteiger partial charge in [-0.25, -0.2) is 0 Å². The Bertz CT molecular complexity index is 1140. The lowest BCUT2D eigenvalue weighted by atomic mass is 10.0. The molecule has 2 atom stereocenters. The van der Waals surface area contributed by atoms with Crippen molar-refractivity contribution in [1.29, 1.82) is 0 Å². The first-order valence-electron chi connectivity index (χ1n) is 34.9. The molecular weight excluding hydrogens is 935 g/mol. The SMILES string of the molecule is CCCCCCCC/C=C\CCCCCCCCCCCC(=O)OCCCCCCCCCCCCCCCCCCCC(=O)NC(CO)C(O)CCCCCCCCCCCCCCCCCCCCCCCCC. The summed E-state index contributed by atoms with van der Waals surface area (Å²) < 4.78 is 5.50. The second kappa shape index (κ2) is 66.1. The number of carbonyl (C=O) groups excluding carboxylic acids is 2. The number of ether oxygens (including phenoxy) is 1. The number of amides is 1. The summed E-state index contributed by atoms with van der Waals surface area (Å²) in [5.41, 5.74) is 0. The van der Waals surface area contributed by atoms with Crippen molar-refractivity contribution in [2.45, 2.75) is 411 Å². The molecule has 0 aromatic carbocycles. The van der Waals surface area contributed by atoms with E-state index in [9.17, 15) is 19.8 Å². The molecule has 0 aromatic heterocycles. The third-order valence-electron chi connectivity index (χ3n) is 16.6. The van der Waals surface area contributed by atoms with Crippen molar-refractivity contribution in [2.75, 3.05) is 13.2 Å². The van der Waals surface area contributed by atoms with E-state index in [4.69, 9.17) is 4.74 Å². The van der Waals surface area contributed by atoms with Gasteiger partial charge in [-0.2, -0.15) is 0 Å². The van der Waals surface area contributed by atoms with Crippen molar-refractivity contribution in [3.63, 3.8) is 0 Å². The molecule has 6 heteroatoms. The van der Waals surface area contributed by atoms with Crippen LogP contribution in [0.1, 0.15) is 399 Å². The maximum absolute atomic E-state index is 12.5. The Kier molecular flexibility index (Phi) is 64.9. The van der Waals surface area contributed by atoms with Gasteiger partial charge in [0.1, 0.15) is 0 Å². The number of carbonyl (C=O) groups is 2. The van der Waals surface area contributed by atoms with Gasteiger partial charge in [0, 0.05) is 12.8 Å². The van der Waals surface area contributed by atoms with Crippen LogP contribution in [0.25, 0.3) is 0 Å². The van der Waals surface area contributed by atoms with Crippen LogP contribution >= 0.6 is 0 Å². The molecular formula is C70H137NO5. The molecule has 2 unspecified atom stereocenters. The second-order valence-corrected chi connectivity index (χ2v) is 24.2. The number of hydrogen-bond donors (Lipinski definition) is 3. The number of aliphatic hydroxyl groups excluding tert-OH is 2. The number of aliphatic hydroxyl groups is 2. The summed E-state index contributed by atoms with van der Waals surface area (Å²) in [7, 11) is 0. The van der Waals surface area contributed by atoms with Crippen LogP contribution in [-0.4, -0.2) is 47.4 Å². The maximum atomic E-state index is 12.5. The van der Waals surface area contributed by atoms with Crippen LogP contribution in [0.2, 0.25) is 0 Å². The molecule has 0 heterocycles. The van der Waals surface area contributed by atoms with Crippen LogP contribution in [0.5, 0.6) is 0 Å². The fourth-order valence-electron chi connectivity index (χ4n) is 11.2. The fourth-order valence-corrected chi connectivity index (χ4v) is 11.2. The monoisotopic (exact) mass is 1070 g/mol. The van der Waals surface area contributed by atoms with Crippen LogP contribution in [0.4, 0.5) is 0 Å². The molecule has 0 rings (SSSR count). The summed E-state index contributed by atoms with van der Waals surface area (Å²) in [5.74, 6) is -0.0286. The van der Waals surface area contributed by atoms with Gasteiger partial charge in [0.25, 0.3) is 0 Å². The largest absolute Gasteiger partial charge is 0.466 e. The molecule has 0 saturated carbocycles. The van der Waals surface area contributed by atoms with Gasteiger partial charge < -0.3 is 20.3 Å². The molecule has 76 heavy (non-hydrogen) atoms. The van der Waals surface area contributed by atoms with Gasteiger partial charge in [0.05, 0.1) is 25.4 Å². The van der Waals surface area contributed by atoms with Crippen molar-refractivity contribution in [2.24, 2.45) is 0 Å². The van der Waals surface area contributed by atoms with Crippen molar-refractivity contribution in [3.05, 3.63) is 12.2 Å². The first-order valence-corrected chi connectivity index (χ1v) is 34.9. The summed E-state index contributed by atoms with van der Waals surface area (Å²) >= 11 is 0. The lowest BCUT2D eigenvalue weighted by molar-refractivity contribution is -0.143. The van der Waals surface area contributed by atoms with Crippen molar-refractivity contribution < 1.29 is 24.5 Å². The molecule has 0 saturated heterocycles. The first-order chi connectivity index (χ1) is 37.5. The molecule has 0 aliphatic rings. The Hall–Kier alpha value is -1.40. The highest BCUT2D eigenvalue weighted by Gasteiger charge is 2.20. The minimum atomic E-state index is -0.669. The Morgan fingerprint density at radius 3 is 0.934 bits per heavy atom. The standard InChI is InChI=1S/C70H137NO5/c1-3-5-7-9-11-13-15-17-19-21-23-24-25-26-28-30-34-38-42-46-50-54-58-62-68(73)67(66-72)71-69(74)63-59-55-51-47-43-39-35-31-29-33-37-41-45-49-53-57-61-65-76-70(75)64-60-56-52-48-44-40-36-32-27-22-20-18-16-14-12-10-8-6-4-2/h18,20,67-68,72-73H,3-17,19,21-66H2,1-2H3,(H,71,74)/b20-18-. The van der Waals surface area contributed by atoms with Crippen LogP contribution in [0.15, 0.2) is 12.2 Å². The number of esters is 1. The molecule has 0 aliphatic heterocycles. The first kappa shape index (κ1) is 74.6. The predicted molar refractivity (Wildman–Crippen MR) is 333 cm³/mol. The van der Waals surface area contributed by atoms with Crippen molar-refractivity contribution >= 4 is 11.9 Å². The summed E-state index contributed by atoms with van der Waals surface area (Å²) in [6, 6.07) is -0.546. The van der Waals surface area contributed by atoms with Crippen LogP contribution < -0.4 is 5.32 Å². The average molecular weight is 1070 g/mol. The quantitative estimate of drug-likeness (QED) is 0.0320. The summed E-state index contributed by atoms with van der Waals surface area (Å²) in [6.45, 7) is 4.98. The lowest BCUT2D eigenvalue weighted by Gasteiger charge is -2.22. The number of hydrogen-bond acceptors (Lipinski definition) is 5. The summed E-state index contributed by atoms with van der Waals surface area (Å²) in [6.07, 6.45) is 81.0. The van der Waals surface area contributed by atoms with E-state index in [0.717, 1.165) is 44.9 Å². The van der Waals surface area contributed by atoms with Gasteiger partial charge in [0.2, 0.25) is 5.91 Å². The third-order valence-corrected chi connectivity index (χ3v) is 16.6. The highest BCUT2D eigenvalue weighted by atomic mass is 16.5. The molecule has 6 nitrogen and oxygen atoms in total. The molecule has 3 N–H and O–H groups in total. The van der Waals surface area contributed by atoms with E-state index in [1.54, 1.807) is 0 Å². The summed E-state index contributed by atoms with van der Waals surface area (Å²) in [4.78, 5) is 24.7. The maximum Gasteiger partial charge on any atom is 0.305 e. The topological polar surface area (TPSA) is 95.9 Å². The highest BCUT2D eigenvalue weighted by Crippen LogP contribution is 2.19. The van der Waals surface area contributed by atoms with Crippen LogP contribution in [0, 0.1) is 0 Å². The van der Waals surface area contributed by atoms with Gasteiger partial charge >= 0.3 is 5.97 Å². The molecule has 0 radical (unpaired) electrons. The minimum absolute atomic E-state index is 0.00655. The van der Waals surface area contributed by atoms with Crippen LogP contribution in [-0.2, 0) is 14.3 Å². The van der Waals surface area contributed by atoms with E-state index in [1.807, 2.05) is 0 Å².